The van der Waals surface area contributed by atoms with E-state index in [2.05, 4.69) is 36.4 Å². The number of carbonyl (C=O) groups excluding carboxylic acids is 4. The summed E-state index contributed by atoms with van der Waals surface area (Å²) in [6.45, 7) is 7.14. The molecule has 0 aliphatic carbocycles. The molecule has 4 atom stereocenters. The van der Waals surface area contributed by atoms with Crippen LogP contribution in [0.2, 0.25) is 0 Å². The predicted molar refractivity (Wildman–Crippen MR) is 126 cm³/mol. The van der Waals surface area contributed by atoms with E-state index in [1.807, 2.05) is 0 Å². The third-order valence-electron chi connectivity index (χ3n) is 4.93. The van der Waals surface area contributed by atoms with Crippen molar-refractivity contribution in [2.45, 2.75) is 17.4 Å². The zero-order valence-electron chi connectivity index (χ0n) is 18.1. The van der Waals surface area contributed by atoms with E-state index >= 15 is 0 Å². The normalized spacial score (nSPS) is 19.1. The second kappa shape index (κ2) is 12.5. The van der Waals surface area contributed by atoms with Gasteiger partial charge in [0.15, 0.2) is 5.12 Å². The van der Waals surface area contributed by atoms with E-state index in [0.29, 0.717) is 4.90 Å². The summed E-state index contributed by atoms with van der Waals surface area (Å²) in [6, 6.07) is 3.59. The molecule has 1 fully saturated rings. The maximum Gasteiger partial charge on any atom is 0.338 e. The zero-order valence-corrected chi connectivity index (χ0v) is 19.8. The number of esters is 2. The Kier molecular flexibility index (Phi) is 10.0. The van der Waals surface area contributed by atoms with Gasteiger partial charge in [-0.3, -0.25) is 18.6 Å². The molecule has 0 radical (unpaired) electrons. The Morgan fingerprint density at radius 1 is 1.24 bits per heavy atom. The van der Waals surface area contributed by atoms with E-state index in [1.54, 1.807) is 0 Å². The standard InChI is InChI=1S/C22H26N2O7S2/c1-4-8-30-20(26)13-6-7-17(33(3)29)15(10-13)24-19(25)16-11-14(12-23-16)18(22(28)32)21(27)31-9-5-2/h4-7,10,14,16,18,23H,1-2,8-9,11-12H2,3H3,(H,24,25)(H,28,32)/t14-,16?,18+,33?/m1/s1. The summed E-state index contributed by atoms with van der Waals surface area (Å²) in [5.41, 5.74) is 0.371. The first-order valence-electron chi connectivity index (χ1n) is 9.99. The quantitative estimate of drug-likeness (QED) is 0.183. The fourth-order valence-electron chi connectivity index (χ4n) is 3.39. The molecule has 1 saturated heterocycles. The minimum atomic E-state index is -1.44. The molecule has 11 heteroatoms. The average molecular weight is 495 g/mol. The van der Waals surface area contributed by atoms with Crippen molar-refractivity contribution in [2.24, 2.45) is 11.8 Å². The van der Waals surface area contributed by atoms with Crippen LogP contribution in [0.5, 0.6) is 0 Å². The SMILES string of the molecule is C=CCOC(=O)c1ccc(S(C)=O)c(NC(=O)C2C[C@@H]([C@H](C(=O)S)C(=O)OCC=C)CN2)c1. The molecule has 1 aliphatic heterocycles. The van der Waals surface area contributed by atoms with Gasteiger partial charge in [0.25, 0.3) is 0 Å². The van der Waals surface area contributed by atoms with Gasteiger partial charge >= 0.3 is 11.9 Å². The molecule has 1 aromatic carbocycles. The van der Waals surface area contributed by atoms with Gasteiger partial charge in [0.2, 0.25) is 5.91 Å². The number of ether oxygens (including phenoxy) is 2. The Hall–Kier alpha value is -2.76. The predicted octanol–water partition coefficient (Wildman–Crippen LogP) is 1.49. The molecule has 0 saturated carbocycles. The highest BCUT2D eigenvalue weighted by atomic mass is 32.2. The van der Waals surface area contributed by atoms with Crippen LogP contribution < -0.4 is 10.6 Å². The van der Waals surface area contributed by atoms with Crippen LogP contribution in [-0.2, 0) is 34.7 Å². The molecule has 1 heterocycles. The van der Waals surface area contributed by atoms with Gasteiger partial charge in [0, 0.05) is 12.8 Å². The molecule has 2 rings (SSSR count). The minimum absolute atomic E-state index is 0.0234. The maximum absolute atomic E-state index is 12.9. The van der Waals surface area contributed by atoms with Crippen LogP contribution in [0.15, 0.2) is 48.4 Å². The molecule has 2 N–H and O–H groups in total. The number of rotatable bonds is 11. The fraction of sp³-hybridized carbons (Fsp3) is 0.364. The first-order chi connectivity index (χ1) is 15.7. The average Bonchev–Trinajstić information content (AvgIpc) is 3.25. The maximum atomic E-state index is 12.9. The summed E-state index contributed by atoms with van der Waals surface area (Å²) in [4.78, 5) is 49.5. The number of benzene rings is 1. The second-order valence-electron chi connectivity index (χ2n) is 7.23. The van der Waals surface area contributed by atoms with E-state index < -0.39 is 51.6 Å². The monoisotopic (exact) mass is 494 g/mol. The van der Waals surface area contributed by atoms with Gasteiger partial charge in [-0.15, -0.1) is 12.6 Å². The van der Waals surface area contributed by atoms with Crippen molar-refractivity contribution in [3.63, 3.8) is 0 Å². The summed E-state index contributed by atoms with van der Waals surface area (Å²) >= 11 is 3.80. The first kappa shape index (κ1) is 26.5. The molecule has 1 amide bonds. The summed E-state index contributed by atoms with van der Waals surface area (Å²) in [7, 11) is -1.44. The van der Waals surface area contributed by atoms with Gasteiger partial charge in [-0.25, -0.2) is 4.79 Å². The molecular weight excluding hydrogens is 468 g/mol. The molecule has 33 heavy (non-hydrogen) atoms. The Morgan fingerprint density at radius 2 is 1.91 bits per heavy atom. The summed E-state index contributed by atoms with van der Waals surface area (Å²) in [5, 5.41) is 5.02. The molecule has 178 valence electrons. The van der Waals surface area contributed by atoms with Gasteiger partial charge in [0.1, 0.15) is 19.1 Å². The lowest BCUT2D eigenvalue weighted by atomic mass is 9.90. The van der Waals surface area contributed by atoms with Gasteiger partial charge in [-0.05, 0) is 30.5 Å². The van der Waals surface area contributed by atoms with Crippen molar-refractivity contribution in [2.75, 3.05) is 31.3 Å². The highest BCUT2D eigenvalue weighted by Gasteiger charge is 2.41. The Balaban J connectivity index is 2.16. The number of carbonyl (C=O) groups is 4. The largest absolute Gasteiger partial charge is 0.461 e. The number of thiol groups is 1. The molecule has 1 aromatic rings. The third-order valence-corrected chi connectivity index (χ3v) is 6.18. The molecule has 0 aromatic heterocycles. The van der Waals surface area contributed by atoms with Crippen molar-refractivity contribution >= 4 is 52.1 Å². The van der Waals surface area contributed by atoms with Crippen LogP contribution in [0.1, 0.15) is 16.8 Å². The zero-order chi connectivity index (χ0) is 24.5. The van der Waals surface area contributed by atoms with Crippen LogP contribution in [0.4, 0.5) is 5.69 Å². The molecule has 9 nitrogen and oxygen atoms in total. The first-order valence-corrected chi connectivity index (χ1v) is 12.0. The van der Waals surface area contributed by atoms with Crippen molar-refractivity contribution in [1.82, 2.24) is 5.32 Å². The van der Waals surface area contributed by atoms with Gasteiger partial charge in [-0.1, -0.05) is 25.3 Å². The van der Waals surface area contributed by atoms with Crippen LogP contribution in [0, 0.1) is 11.8 Å². The number of hydrogen-bond donors (Lipinski definition) is 3. The van der Waals surface area contributed by atoms with Crippen LogP contribution >= 0.6 is 12.6 Å². The Morgan fingerprint density at radius 3 is 2.52 bits per heavy atom. The fourth-order valence-corrected chi connectivity index (χ4v) is 4.38. The molecule has 0 bridgehead atoms. The van der Waals surface area contributed by atoms with E-state index in [-0.39, 0.29) is 37.4 Å². The summed E-state index contributed by atoms with van der Waals surface area (Å²) in [5.74, 6) is -3.43. The Bertz CT molecular complexity index is 979. The smallest absolute Gasteiger partial charge is 0.338 e. The van der Waals surface area contributed by atoms with Crippen LogP contribution in [-0.4, -0.2) is 59.2 Å². The van der Waals surface area contributed by atoms with E-state index in [1.165, 1.54) is 36.6 Å². The highest BCUT2D eigenvalue weighted by Crippen LogP contribution is 2.28. The lowest BCUT2D eigenvalue weighted by molar-refractivity contribution is -0.151. The van der Waals surface area contributed by atoms with Gasteiger partial charge in [0.05, 0.1) is 33.0 Å². The van der Waals surface area contributed by atoms with Crippen LogP contribution in [0.3, 0.4) is 0 Å². The van der Waals surface area contributed by atoms with Crippen molar-refractivity contribution in [1.29, 1.82) is 0 Å². The summed E-state index contributed by atoms with van der Waals surface area (Å²) < 4.78 is 22.1. The van der Waals surface area contributed by atoms with Crippen LogP contribution in [0.25, 0.3) is 0 Å². The lowest BCUT2D eigenvalue weighted by Gasteiger charge is -2.18. The lowest BCUT2D eigenvalue weighted by Crippen LogP contribution is -2.35. The number of nitrogens with one attached hydrogen (secondary N) is 2. The van der Waals surface area contributed by atoms with Crippen molar-refractivity contribution in [3.8, 4) is 0 Å². The van der Waals surface area contributed by atoms with E-state index in [4.69, 9.17) is 9.47 Å². The van der Waals surface area contributed by atoms with Gasteiger partial charge in [-0.2, -0.15) is 0 Å². The van der Waals surface area contributed by atoms with E-state index in [9.17, 15) is 23.4 Å². The van der Waals surface area contributed by atoms with Crippen molar-refractivity contribution in [3.05, 3.63) is 49.1 Å². The molecular formula is C22H26N2O7S2. The topological polar surface area (TPSA) is 128 Å². The number of amides is 1. The van der Waals surface area contributed by atoms with Crippen molar-refractivity contribution < 1.29 is 32.9 Å². The highest BCUT2D eigenvalue weighted by molar-refractivity contribution is 7.96. The van der Waals surface area contributed by atoms with E-state index in [0.717, 1.165) is 0 Å². The minimum Gasteiger partial charge on any atom is -0.461 e. The number of anilines is 1. The third kappa shape index (κ3) is 7.11. The Labute approximate surface area is 199 Å². The van der Waals surface area contributed by atoms with Gasteiger partial charge < -0.3 is 20.1 Å². The second-order valence-corrected chi connectivity index (χ2v) is 9.02. The molecule has 2 unspecified atom stereocenters. The summed E-state index contributed by atoms with van der Waals surface area (Å²) in [6.07, 6.45) is 4.44. The number of hydrogen-bond acceptors (Lipinski definition) is 8. The molecule has 1 aliphatic rings. The molecule has 0 spiro atoms.